The summed E-state index contributed by atoms with van der Waals surface area (Å²) in [6.07, 6.45) is 1.81. The zero-order chi connectivity index (χ0) is 20.6. The monoisotopic (exact) mass is 394 g/mol. The molecule has 0 aromatic heterocycles. The quantitative estimate of drug-likeness (QED) is 0.762. The number of para-hydroxylation sites is 1. The second kappa shape index (κ2) is 9.96. The van der Waals surface area contributed by atoms with Gasteiger partial charge in [-0.1, -0.05) is 32.0 Å². The molecule has 0 spiro atoms. The van der Waals surface area contributed by atoms with Crippen molar-refractivity contribution >= 4 is 29.0 Å². The van der Waals surface area contributed by atoms with Crippen LogP contribution in [0.3, 0.4) is 0 Å². The Kier molecular flexibility index (Phi) is 7.11. The number of carbonyl (C=O) groups is 2. The summed E-state index contributed by atoms with van der Waals surface area (Å²) in [5, 5.41) is 5.65. The summed E-state index contributed by atoms with van der Waals surface area (Å²) < 4.78 is 0. The molecule has 1 aliphatic rings. The second-order valence-electron chi connectivity index (χ2n) is 7.32. The van der Waals surface area contributed by atoms with Crippen LogP contribution in [-0.2, 0) is 4.79 Å². The molecule has 0 bridgehead atoms. The van der Waals surface area contributed by atoms with E-state index in [0.29, 0.717) is 5.91 Å². The maximum absolute atomic E-state index is 12.5. The average molecular weight is 395 g/mol. The number of piperazine rings is 1. The first-order chi connectivity index (χ1) is 14.1. The molecule has 0 unspecified atom stereocenters. The molecule has 3 rings (SSSR count). The van der Waals surface area contributed by atoms with Crippen molar-refractivity contribution in [1.29, 1.82) is 0 Å². The summed E-state index contributed by atoms with van der Waals surface area (Å²) in [7, 11) is 0. The van der Waals surface area contributed by atoms with E-state index in [4.69, 9.17) is 0 Å². The molecule has 0 radical (unpaired) electrons. The smallest absolute Gasteiger partial charge is 0.323 e. The molecule has 6 heteroatoms. The van der Waals surface area contributed by atoms with Crippen molar-refractivity contribution < 1.29 is 9.59 Å². The molecular weight excluding hydrogens is 364 g/mol. The molecule has 1 aliphatic heterocycles. The van der Waals surface area contributed by atoms with Crippen molar-refractivity contribution in [2.75, 3.05) is 41.7 Å². The Morgan fingerprint density at radius 2 is 1.38 bits per heavy atom. The first-order valence-corrected chi connectivity index (χ1v) is 10.4. The van der Waals surface area contributed by atoms with Crippen LogP contribution in [0.5, 0.6) is 0 Å². The minimum absolute atomic E-state index is 0.147. The molecule has 2 N–H and O–H groups in total. The van der Waals surface area contributed by atoms with Crippen LogP contribution in [0.4, 0.5) is 21.9 Å². The van der Waals surface area contributed by atoms with Gasteiger partial charge in [0.25, 0.3) is 0 Å². The lowest BCUT2D eigenvalue weighted by Gasteiger charge is -2.37. The van der Waals surface area contributed by atoms with Gasteiger partial charge in [-0.05, 0) is 49.2 Å². The molecule has 1 saturated heterocycles. The summed E-state index contributed by atoms with van der Waals surface area (Å²) in [5.74, 6) is 0.438. The SMILES string of the molecule is CCC(CC)C(=O)N1CCN(c2ccc(NC(=O)Nc3ccccc3)cc2)CC1. The van der Waals surface area contributed by atoms with Gasteiger partial charge in [0, 0.05) is 49.2 Å². The minimum Gasteiger partial charge on any atom is -0.368 e. The Labute approximate surface area is 172 Å². The summed E-state index contributed by atoms with van der Waals surface area (Å²) in [5.41, 5.74) is 2.60. The van der Waals surface area contributed by atoms with Crippen LogP contribution >= 0.6 is 0 Å². The number of benzene rings is 2. The fourth-order valence-electron chi connectivity index (χ4n) is 3.65. The number of urea groups is 1. The molecule has 1 fully saturated rings. The highest BCUT2D eigenvalue weighted by Gasteiger charge is 2.25. The fourth-order valence-corrected chi connectivity index (χ4v) is 3.65. The predicted molar refractivity (Wildman–Crippen MR) is 118 cm³/mol. The maximum atomic E-state index is 12.5. The summed E-state index contributed by atoms with van der Waals surface area (Å²) in [6.45, 7) is 7.33. The van der Waals surface area contributed by atoms with Crippen molar-refractivity contribution in [3.63, 3.8) is 0 Å². The van der Waals surface area contributed by atoms with Gasteiger partial charge in [0.15, 0.2) is 0 Å². The summed E-state index contributed by atoms with van der Waals surface area (Å²) in [4.78, 5) is 28.9. The van der Waals surface area contributed by atoms with E-state index in [-0.39, 0.29) is 11.9 Å². The Hall–Kier alpha value is -3.02. The van der Waals surface area contributed by atoms with E-state index < -0.39 is 0 Å². The first-order valence-electron chi connectivity index (χ1n) is 10.4. The van der Waals surface area contributed by atoms with Crippen LogP contribution < -0.4 is 15.5 Å². The number of nitrogens with zero attached hydrogens (tertiary/aromatic N) is 2. The molecule has 2 aromatic carbocycles. The molecule has 154 valence electrons. The van der Waals surface area contributed by atoms with E-state index in [9.17, 15) is 9.59 Å². The Morgan fingerprint density at radius 3 is 1.93 bits per heavy atom. The Balaban J connectivity index is 1.50. The van der Waals surface area contributed by atoms with E-state index in [1.165, 1.54) is 0 Å². The van der Waals surface area contributed by atoms with Gasteiger partial charge < -0.3 is 20.4 Å². The number of hydrogen-bond donors (Lipinski definition) is 2. The van der Waals surface area contributed by atoms with E-state index >= 15 is 0 Å². The highest BCUT2D eigenvalue weighted by molar-refractivity contribution is 5.99. The van der Waals surface area contributed by atoms with Crippen molar-refractivity contribution in [3.8, 4) is 0 Å². The van der Waals surface area contributed by atoms with Gasteiger partial charge in [-0.25, -0.2) is 4.79 Å². The molecule has 1 heterocycles. The molecule has 0 atom stereocenters. The van der Waals surface area contributed by atoms with Crippen LogP contribution in [-0.4, -0.2) is 43.0 Å². The van der Waals surface area contributed by atoms with Crippen molar-refractivity contribution in [3.05, 3.63) is 54.6 Å². The van der Waals surface area contributed by atoms with Crippen molar-refractivity contribution in [2.45, 2.75) is 26.7 Å². The third kappa shape index (κ3) is 5.50. The average Bonchev–Trinajstić information content (AvgIpc) is 2.76. The van der Waals surface area contributed by atoms with E-state index in [0.717, 1.165) is 56.1 Å². The Morgan fingerprint density at radius 1 is 0.828 bits per heavy atom. The zero-order valence-electron chi connectivity index (χ0n) is 17.2. The third-order valence-corrected chi connectivity index (χ3v) is 5.45. The van der Waals surface area contributed by atoms with E-state index in [1.807, 2.05) is 59.5 Å². The van der Waals surface area contributed by atoms with Gasteiger partial charge in [-0.3, -0.25) is 4.79 Å². The largest absolute Gasteiger partial charge is 0.368 e. The number of nitrogens with one attached hydrogen (secondary N) is 2. The molecule has 29 heavy (non-hydrogen) atoms. The number of rotatable bonds is 6. The van der Waals surface area contributed by atoms with Crippen LogP contribution in [0.15, 0.2) is 54.6 Å². The van der Waals surface area contributed by atoms with Gasteiger partial charge in [0.1, 0.15) is 0 Å². The van der Waals surface area contributed by atoms with Gasteiger partial charge in [0.05, 0.1) is 0 Å². The van der Waals surface area contributed by atoms with Crippen LogP contribution in [0, 0.1) is 5.92 Å². The maximum Gasteiger partial charge on any atom is 0.323 e. The highest BCUT2D eigenvalue weighted by Crippen LogP contribution is 2.21. The number of anilines is 3. The summed E-state index contributed by atoms with van der Waals surface area (Å²) in [6, 6.07) is 16.9. The number of amides is 3. The predicted octanol–water partition coefficient (Wildman–Crippen LogP) is 4.42. The summed E-state index contributed by atoms with van der Waals surface area (Å²) >= 11 is 0. The second-order valence-corrected chi connectivity index (χ2v) is 7.32. The lowest BCUT2D eigenvalue weighted by molar-refractivity contribution is -0.136. The normalized spacial score (nSPS) is 14.0. The van der Waals surface area contributed by atoms with Crippen LogP contribution in [0.1, 0.15) is 26.7 Å². The number of hydrogen-bond acceptors (Lipinski definition) is 3. The Bertz CT molecular complexity index is 795. The molecule has 3 amide bonds. The molecular formula is C23H30N4O2. The highest BCUT2D eigenvalue weighted by atomic mass is 16.2. The molecule has 0 aliphatic carbocycles. The standard InChI is InChI=1S/C23H30N4O2/c1-3-18(4-2)22(28)27-16-14-26(15-17-27)21-12-10-20(11-13-21)25-23(29)24-19-8-6-5-7-9-19/h5-13,18H,3-4,14-17H2,1-2H3,(H2,24,25,29). The first kappa shape index (κ1) is 20.7. The molecule has 6 nitrogen and oxygen atoms in total. The van der Waals surface area contributed by atoms with Gasteiger partial charge >= 0.3 is 6.03 Å². The van der Waals surface area contributed by atoms with Gasteiger partial charge in [-0.15, -0.1) is 0 Å². The minimum atomic E-state index is -0.266. The lowest BCUT2D eigenvalue weighted by atomic mass is 10.0. The molecule has 0 saturated carbocycles. The third-order valence-electron chi connectivity index (χ3n) is 5.45. The number of carbonyl (C=O) groups excluding carboxylic acids is 2. The van der Waals surface area contributed by atoms with E-state index in [2.05, 4.69) is 29.4 Å². The fraction of sp³-hybridized carbons (Fsp3) is 0.391. The topological polar surface area (TPSA) is 64.7 Å². The van der Waals surface area contributed by atoms with Gasteiger partial charge in [0.2, 0.25) is 5.91 Å². The van der Waals surface area contributed by atoms with Crippen molar-refractivity contribution in [1.82, 2.24) is 4.90 Å². The van der Waals surface area contributed by atoms with Crippen molar-refractivity contribution in [2.24, 2.45) is 5.92 Å². The lowest BCUT2D eigenvalue weighted by Crippen LogP contribution is -2.50. The van der Waals surface area contributed by atoms with Crippen LogP contribution in [0.25, 0.3) is 0 Å². The van der Waals surface area contributed by atoms with Gasteiger partial charge in [-0.2, -0.15) is 0 Å². The van der Waals surface area contributed by atoms with Crippen LogP contribution in [0.2, 0.25) is 0 Å². The molecule has 2 aromatic rings. The zero-order valence-corrected chi connectivity index (χ0v) is 17.2. The van der Waals surface area contributed by atoms with E-state index in [1.54, 1.807) is 0 Å².